The Labute approximate surface area is 154 Å². The number of rotatable bonds is 3. The lowest BCUT2D eigenvalue weighted by Crippen LogP contribution is -2.00. The Morgan fingerprint density at radius 1 is 0.846 bits per heavy atom. The van der Waals surface area contributed by atoms with E-state index in [1.807, 2.05) is 12.1 Å². The molecule has 26 heavy (non-hydrogen) atoms. The zero-order valence-electron chi connectivity index (χ0n) is 14.8. The van der Waals surface area contributed by atoms with Crippen molar-refractivity contribution in [2.24, 2.45) is 0 Å². The van der Waals surface area contributed by atoms with Crippen LogP contribution in [-0.4, -0.2) is 0 Å². The van der Waals surface area contributed by atoms with Gasteiger partial charge < -0.3 is 4.42 Å². The Morgan fingerprint density at radius 2 is 1.73 bits per heavy atom. The highest BCUT2D eigenvalue weighted by atomic mass is 16.3. The number of fused-ring (bicyclic) bond motifs is 3. The summed E-state index contributed by atoms with van der Waals surface area (Å²) in [4.78, 5) is 0. The summed E-state index contributed by atoms with van der Waals surface area (Å²) < 4.78 is 5.97. The molecule has 1 heteroatoms. The van der Waals surface area contributed by atoms with Gasteiger partial charge in [0.25, 0.3) is 0 Å². The van der Waals surface area contributed by atoms with Crippen LogP contribution in [0.3, 0.4) is 0 Å². The van der Waals surface area contributed by atoms with E-state index in [1.165, 1.54) is 40.3 Å². The largest absolute Gasteiger partial charge is 0.456 e. The zero-order valence-corrected chi connectivity index (χ0v) is 14.8. The van der Waals surface area contributed by atoms with Gasteiger partial charge in [-0.3, -0.25) is 0 Å². The van der Waals surface area contributed by atoms with Gasteiger partial charge in [-0.15, -0.1) is 0 Å². The number of furan rings is 1. The summed E-state index contributed by atoms with van der Waals surface area (Å²) in [7, 11) is 0. The van der Waals surface area contributed by atoms with Crippen LogP contribution >= 0.6 is 0 Å². The molecule has 1 heterocycles. The first-order valence-electron chi connectivity index (χ1n) is 9.51. The van der Waals surface area contributed by atoms with E-state index in [-0.39, 0.29) is 0 Å². The van der Waals surface area contributed by atoms with Crippen LogP contribution in [0.1, 0.15) is 37.2 Å². The molecule has 5 rings (SSSR count). The van der Waals surface area contributed by atoms with Gasteiger partial charge in [0.05, 0.1) is 0 Å². The normalized spacial score (nSPS) is 19.8. The van der Waals surface area contributed by atoms with Crippen molar-refractivity contribution in [3.8, 4) is 0 Å². The van der Waals surface area contributed by atoms with Crippen LogP contribution in [0.4, 0.5) is 0 Å². The van der Waals surface area contributed by atoms with Gasteiger partial charge in [0.15, 0.2) is 0 Å². The third-order valence-electron chi connectivity index (χ3n) is 5.45. The second-order valence-corrected chi connectivity index (χ2v) is 7.28. The van der Waals surface area contributed by atoms with Crippen LogP contribution in [0.15, 0.2) is 94.5 Å². The lowest BCUT2D eigenvalue weighted by molar-refractivity contribution is 0.668. The van der Waals surface area contributed by atoms with Gasteiger partial charge in [0, 0.05) is 16.7 Å². The molecule has 2 aliphatic carbocycles. The summed E-state index contributed by atoms with van der Waals surface area (Å²) in [6.45, 7) is 0. The Bertz CT molecular complexity index is 1090. The molecule has 0 fully saturated rings. The van der Waals surface area contributed by atoms with Crippen LogP contribution in [0.5, 0.6) is 0 Å². The standard InChI is InChI=1S/C25H22O/c1-2-7-18(8-3-1)15-19-9-6-10-20(16-19)21-13-14-25-23(17-21)22-11-4-5-12-24(22)26-25/h2,4-9,11-14,16-17,20H,1,3,10,15H2. The second kappa shape index (κ2) is 6.49. The highest BCUT2D eigenvalue weighted by molar-refractivity contribution is 6.05. The molecule has 1 unspecified atom stereocenters. The Kier molecular flexibility index (Phi) is 3.86. The van der Waals surface area contributed by atoms with Crippen molar-refractivity contribution in [3.63, 3.8) is 0 Å². The third kappa shape index (κ3) is 2.84. The van der Waals surface area contributed by atoms with Crippen LogP contribution < -0.4 is 0 Å². The molecule has 0 aliphatic heterocycles. The molecule has 0 spiro atoms. The molecule has 3 aromatic rings. The first-order chi connectivity index (χ1) is 12.9. The average molecular weight is 338 g/mol. The van der Waals surface area contributed by atoms with Crippen LogP contribution in [0.2, 0.25) is 0 Å². The molecule has 0 saturated heterocycles. The number of para-hydroxylation sites is 1. The van der Waals surface area contributed by atoms with E-state index in [9.17, 15) is 0 Å². The Balaban J connectivity index is 1.48. The predicted octanol–water partition coefficient (Wildman–Crippen LogP) is 7.22. The van der Waals surface area contributed by atoms with Crippen molar-refractivity contribution in [2.75, 3.05) is 0 Å². The number of hydrogen-bond donors (Lipinski definition) is 0. The number of allylic oxidation sites excluding steroid dienone is 8. The fourth-order valence-corrected chi connectivity index (χ4v) is 4.11. The molecule has 1 aromatic heterocycles. The third-order valence-corrected chi connectivity index (χ3v) is 5.45. The van der Waals surface area contributed by atoms with E-state index >= 15 is 0 Å². The SMILES string of the molecule is C1=CC(CC2=CC(c3ccc4oc5ccccc5c4c3)CC=C2)=CCC1. The molecule has 0 radical (unpaired) electrons. The van der Waals surface area contributed by atoms with Crippen molar-refractivity contribution >= 4 is 21.9 Å². The van der Waals surface area contributed by atoms with Gasteiger partial charge in [-0.1, -0.05) is 60.7 Å². The Hall–Kier alpha value is -2.80. The van der Waals surface area contributed by atoms with E-state index in [2.05, 4.69) is 66.8 Å². The highest BCUT2D eigenvalue weighted by Gasteiger charge is 2.15. The van der Waals surface area contributed by atoms with Gasteiger partial charge in [0.2, 0.25) is 0 Å². The van der Waals surface area contributed by atoms with Crippen molar-refractivity contribution in [1.82, 2.24) is 0 Å². The minimum absolute atomic E-state index is 0.446. The van der Waals surface area contributed by atoms with Gasteiger partial charge in [-0.05, 0) is 60.6 Å². The predicted molar refractivity (Wildman–Crippen MR) is 109 cm³/mol. The Morgan fingerprint density at radius 3 is 2.65 bits per heavy atom. The maximum Gasteiger partial charge on any atom is 0.135 e. The van der Waals surface area contributed by atoms with E-state index < -0.39 is 0 Å². The lowest BCUT2D eigenvalue weighted by atomic mass is 9.86. The summed E-state index contributed by atoms with van der Waals surface area (Å²) in [6.07, 6.45) is 18.5. The molecule has 0 bridgehead atoms. The van der Waals surface area contributed by atoms with Gasteiger partial charge >= 0.3 is 0 Å². The van der Waals surface area contributed by atoms with E-state index in [0.717, 1.165) is 24.0 Å². The molecule has 0 saturated carbocycles. The maximum atomic E-state index is 5.97. The monoisotopic (exact) mass is 338 g/mol. The van der Waals surface area contributed by atoms with E-state index in [0.29, 0.717) is 5.92 Å². The van der Waals surface area contributed by atoms with E-state index in [4.69, 9.17) is 4.42 Å². The molecule has 0 N–H and O–H groups in total. The van der Waals surface area contributed by atoms with Crippen molar-refractivity contribution in [1.29, 1.82) is 0 Å². The maximum absolute atomic E-state index is 5.97. The van der Waals surface area contributed by atoms with Crippen molar-refractivity contribution in [3.05, 3.63) is 95.6 Å². The van der Waals surface area contributed by atoms with Gasteiger partial charge in [-0.2, -0.15) is 0 Å². The summed E-state index contributed by atoms with van der Waals surface area (Å²) in [6, 6.07) is 15.0. The van der Waals surface area contributed by atoms with Crippen LogP contribution in [0.25, 0.3) is 21.9 Å². The first kappa shape index (κ1) is 15.5. The summed E-state index contributed by atoms with van der Waals surface area (Å²) in [5.74, 6) is 0.446. The van der Waals surface area contributed by atoms with E-state index in [1.54, 1.807) is 0 Å². The van der Waals surface area contributed by atoms with Gasteiger partial charge in [0.1, 0.15) is 11.2 Å². The first-order valence-corrected chi connectivity index (χ1v) is 9.51. The molecule has 128 valence electrons. The minimum Gasteiger partial charge on any atom is -0.456 e. The molecule has 0 amide bonds. The minimum atomic E-state index is 0.446. The number of hydrogen-bond acceptors (Lipinski definition) is 1. The topological polar surface area (TPSA) is 13.1 Å². The average Bonchev–Trinajstić information content (AvgIpc) is 3.07. The van der Waals surface area contributed by atoms with Crippen LogP contribution in [-0.2, 0) is 0 Å². The second-order valence-electron chi connectivity index (χ2n) is 7.28. The molecule has 2 aromatic carbocycles. The fourth-order valence-electron chi connectivity index (χ4n) is 4.11. The molecule has 1 nitrogen and oxygen atoms in total. The summed E-state index contributed by atoms with van der Waals surface area (Å²) in [5.41, 5.74) is 6.19. The fraction of sp³-hybridized carbons (Fsp3) is 0.200. The number of benzene rings is 2. The highest BCUT2D eigenvalue weighted by Crippen LogP contribution is 2.35. The van der Waals surface area contributed by atoms with Gasteiger partial charge in [-0.25, -0.2) is 0 Å². The van der Waals surface area contributed by atoms with Crippen LogP contribution in [0, 0.1) is 0 Å². The summed E-state index contributed by atoms with van der Waals surface area (Å²) >= 11 is 0. The summed E-state index contributed by atoms with van der Waals surface area (Å²) in [5, 5.41) is 2.43. The lowest BCUT2D eigenvalue weighted by Gasteiger charge is -2.18. The zero-order chi connectivity index (χ0) is 17.3. The molecule has 1 atom stereocenters. The molecular formula is C25H22O. The molecular weight excluding hydrogens is 316 g/mol. The smallest absolute Gasteiger partial charge is 0.135 e. The molecule has 2 aliphatic rings. The quantitative estimate of drug-likeness (QED) is 0.491. The van der Waals surface area contributed by atoms with Crippen molar-refractivity contribution < 1.29 is 4.42 Å². The van der Waals surface area contributed by atoms with Crippen molar-refractivity contribution in [2.45, 2.75) is 31.6 Å².